The average molecular weight is 418 g/mol. The molecule has 0 bridgehead atoms. The quantitative estimate of drug-likeness (QED) is 0.610. The van der Waals surface area contributed by atoms with Gasteiger partial charge in [0.05, 0.1) is 16.8 Å². The van der Waals surface area contributed by atoms with E-state index in [1.54, 1.807) is 12.4 Å². The van der Waals surface area contributed by atoms with Gasteiger partial charge in [-0.05, 0) is 44.3 Å². The van der Waals surface area contributed by atoms with E-state index in [9.17, 15) is 14.9 Å². The van der Waals surface area contributed by atoms with Crippen molar-refractivity contribution in [2.24, 2.45) is 0 Å². The van der Waals surface area contributed by atoms with E-state index in [-0.39, 0.29) is 18.1 Å². The van der Waals surface area contributed by atoms with Crippen LogP contribution in [-0.2, 0) is 11.3 Å². The second kappa shape index (κ2) is 6.35. The van der Waals surface area contributed by atoms with Crippen molar-refractivity contribution < 1.29 is 9.72 Å². The Balaban J connectivity index is 2.15. The van der Waals surface area contributed by atoms with E-state index in [0.717, 1.165) is 5.56 Å². The Labute approximate surface area is 136 Å². The molecule has 1 aromatic carbocycles. The van der Waals surface area contributed by atoms with Gasteiger partial charge in [0.1, 0.15) is 6.54 Å². The summed E-state index contributed by atoms with van der Waals surface area (Å²) in [5, 5.41) is 17.5. The average Bonchev–Trinajstić information content (AvgIpc) is 2.78. The summed E-state index contributed by atoms with van der Waals surface area (Å²) >= 11 is 6.43. The number of carbonyl (C=O) groups excluding carboxylic acids is 1. The summed E-state index contributed by atoms with van der Waals surface area (Å²) in [5.74, 6) is -0.284. The molecule has 0 aliphatic carbocycles. The number of carbonyl (C=O) groups is 1. The second-order valence-electron chi connectivity index (χ2n) is 4.30. The molecule has 1 amide bonds. The van der Waals surface area contributed by atoms with E-state index in [0.29, 0.717) is 14.6 Å². The number of amides is 1. The minimum atomic E-state index is -0.506. The fourth-order valence-corrected chi connectivity index (χ4v) is 3.02. The monoisotopic (exact) mass is 416 g/mol. The van der Waals surface area contributed by atoms with Gasteiger partial charge in [-0.1, -0.05) is 0 Å². The van der Waals surface area contributed by atoms with Gasteiger partial charge < -0.3 is 5.32 Å². The molecule has 1 aromatic heterocycles. The summed E-state index contributed by atoms with van der Waals surface area (Å²) in [6, 6.07) is 2.66. The molecule has 1 N–H and O–H groups in total. The van der Waals surface area contributed by atoms with Crippen LogP contribution < -0.4 is 5.32 Å². The summed E-state index contributed by atoms with van der Waals surface area (Å²) in [6.07, 6.45) is 3.41. The lowest BCUT2D eigenvalue weighted by atomic mass is 10.3. The highest BCUT2D eigenvalue weighted by Gasteiger charge is 2.16. The molecule has 0 fully saturated rings. The van der Waals surface area contributed by atoms with Crippen molar-refractivity contribution in [2.45, 2.75) is 13.5 Å². The van der Waals surface area contributed by atoms with Crippen LogP contribution in [0.2, 0.25) is 0 Å². The highest BCUT2D eigenvalue weighted by Crippen LogP contribution is 2.35. The number of non-ortho nitro benzene ring substituents is 1. The van der Waals surface area contributed by atoms with Crippen LogP contribution in [0.15, 0.2) is 33.5 Å². The minimum absolute atomic E-state index is 0.0592. The third-order valence-electron chi connectivity index (χ3n) is 2.57. The molecule has 0 saturated heterocycles. The van der Waals surface area contributed by atoms with E-state index >= 15 is 0 Å². The van der Waals surface area contributed by atoms with Crippen molar-refractivity contribution in [1.29, 1.82) is 0 Å². The summed E-state index contributed by atoms with van der Waals surface area (Å²) in [4.78, 5) is 22.2. The smallest absolute Gasteiger partial charge is 0.271 e. The Kier molecular flexibility index (Phi) is 4.73. The normalized spacial score (nSPS) is 10.4. The van der Waals surface area contributed by atoms with Gasteiger partial charge in [0.15, 0.2) is 0 Å². The van der Waals surface area contributed by atoms with Crippen LogP contribution in [0.1, 0.15) is 5.56 Å². The molecule has 0 aliphatic heterocycles. The van der Waals surface area contributed by atoms with Crippen molar-refractivity contribution in [1.82, 2.24) is 9.78 Å². The van der Waals surface area contributed by atoms with Crippen LogP contribution in [0.5, 0.6) is 0 Å². The molecule has 2 rings (SSSR count). The summed E-state index contributed by atoms with van der Waals surface area (Å²) in [6.45, 7) is 1.94. The lowest BCUT2D eigenvalue weighted by molar-refractivity contribution is -0.385. The Morgan fingerprint density at radius 1 is 1.43 bits per heavy atom. The van der Waals surface area contributed by atoms with E-state index in [1.165, 1.54) is 16.8 Å². The predicted molar refractivity (Wildman–Crippen MR) is 84.1 cm³/mol. The van der Waals surface area contributed by atoms with Crippen molar-refractivity contribution in [3.05, 3.63) is 49.1 Å². The second-order valence-corrected chi connectivity index (χ2v) is 6.01. The maximum absolute atomic E-state index is 12.0. The van der Waals surface area contributed by atoms with Gasteiger partial charge in [0.25, 0.3) is 5.69 Å². The number of hydrogen-bond donors (Lipinski definition) is 1. The lowest BCUT2D eigenvalue weighted by Gasteiger charge is -2.09. The highest BCUT2D eigenvalue weighted by atomic mass is 79.9. The number of nitro benzene ring substituents is 1. The van der Waals surface area contributed by atoms with E-state index in [4.69, 9.17) is 0 Å². The Hall–Kier alpha value is -1.74. The third-order valence-corrected chi connectivity index (χ3v) is 3.82. The van der Waals surface area contributed by atoms with Gasteiger partial charge in [-0.2, -0.15) is 5.10 Å². The van der Waals surface area contributed by atoms with Gasteiger partial charge in [-0.25, -0.2) is 0 Å². The Bertz CT molecular complexity index is 691. The van der Waals surface area contributed by atoms with Gasteiger partial charge in [0, 0.05) is 27.3 Å². The molecular formula is C12H10Br2N4O3. The number of benzene rings is 1. The largest absolute Gasteiger partial charge is 0.323 e. The molecule has 21 heavy (non-hydrogen) atoms. The Morgan fingerprint density at radius 3 is 2.52 bits per heavy atom. The van der Waals surface area contributed by atoms with Crippen molar-refractivity contribution in [2.75, 3.05) is 5.32 Å². The maximum Gasteiger partial charge on any atom is 0.271 e. The third kappa shape index (κ3) is 3.88. The predicted octanol–water partition coefficient (Wildman–Crippen LogP) is 3.26. The first kappa shape index (κ1) is 15.6. The minimum Gasteiger partial charge on any atom is -0.323 e. The molecule has 0 atom stereocenters. The Morgan fingerprint density at radius 2 is 2.05 bits per heavy atom. The number of anilines is 1. The molecule has 2 aromatic rings. The summed E-state index contributed by atoms with van der Waals surface area (Å²) < 4.78 is 2.36. The van der Waals surface area contributed by atoms with E-state index in [2.05, 4.69) is 42.3 Å². The topological polar surface area (TPSA) is 90.1 Å². The molecule has 0 saturated carbocycles. The number of aryl methyl sites for hydroxylation is 1. The molecule has 0 unspecified atom stereocenters. The number of hydrogen-bond acceptors (Lipinski definition) is 4. The first-order valence-electron chi connectivity index (χ1n) is 5.79. The standard InChI is InChI=1S/C12H10Br2N4O3/c1-7-4-15-17(5-7)6-11(19)16-12-9(13)2-8(18(20)21)3-10(12)14/h2-5H,6H2,1H3,(H,16,19). The number of rotatable bonds is 4. The van der Waals surface area contributed by atoms with Crippen LogP contribution in [0.25, 0.3) is 0 Å². The molecule has 9 heteroatoms. The van der Waals surface area contributed by atoms with E-state index in [1.807, 2.05) is 6.92 Å². The summed E-state index contributed by atoms with van der Waals surface area (Å²) in [7, 11) is 0. The van der Waals surface area contributed by atoms with Gasteiger partial charge >= 0.3 is 0 Å². The van der Waals surface area contributed by atoms with Crippen LogP contribution in [0.4, 0.5) is 11.4 Å². The van der Waals surface area contributed by atoms with Crippen LogP contribution >= 0.6 is 31.9 Å². The van der Waals surface area contributed by atoms with Crippen molar-refractivity contribution in [3.63, 3.8) is 0 Å². The van der Waals surface area contributed by atoms with Crippen molar-refractivity contribution in [3.8, 4) is 0 Å². The molecule has 0 spiro atoms. The number of nitrogens with zero attached hydrogens (tertiary/aromatic N) is 3. The SMILES string of the molecule is Cc1cnn(CC(=O)Nc2c(Br)cc([N+](=O)[O-])cc2Br)c1. The number of halogens is 2. The van der Waals surface area contributed by atoms with Crippen LogP contribution in [0, 0.1) is 17.0 Å². The van der Waals surface area contributed by atoms with Gasteiger partial charge in [-0.15, -0.1) is 0 Å². The first-order chi connectivity index (χ1) is 9.86. The summed E-state index contributed by atoms with van der Waals surface area (Å²) in [5.41, 5.74) is 1.32. The highest BCUT2D eigenvalue weighted by molar-refractivity contribution is 9.11. The number of nitro groups is 1. The molecule has 7 nitrogen and oxygen atoms in total. The molecule has 110 valence electrons. The zero-order chi connectivity index (χ0) is 15.6. The fraction of sp³-hybridized carbons (Fsp3) is 0.167. The molecule has 0 radical (unpaired) electrons. The zero-order valence-electron chi connectivity index (χ0n) is 10.8. The maximum atomic E-state index is 12.0. The van der Waals surface area contributed by atoms with Crippen molar-refractivity contribution >= 4 is 49.1 Å². The number of nitrogens with one attached hydrogen (secondary N) is 1. The molecule has 0 aliphatic rings. The number of aromatic nitrogens is 2. The van der Waals surface area contributed by atoms with Crippen LogP contribution in [-0.4, -0.2) is 20.6 Å². The zero-order valence-corrected chi connectivity index (χ0v) is 14.0. The first-order valence-corrected chi connectivity index (χ1v) is 7.38. The molecule has 1 heterocycles. The van der Waals surface area contributed by atoms with E-state index < -0.39 is 4.92 Å². The lowest BCUT2D eigenvalue weighted by Crippen LogP contribution is -2.19. The molecular weight excluding hydrogens is 408 g/mol. The van der Waals surface area contributed by atoms with Crippen LogP contribution in [0.3, 0.4) is 0 Å². The van der Waals surface area contributed by atoms with Gasteiger partial charge in [0.2, 0.25) is 5.91 Å². The van der Waals surface area contributed by atoms with Gasteiger partial charge in [-0.3, -0.25) is 19.6 Å². The fourth-order valence-electron chi connectivity index (χ4n) is 1.66.